The lowest BCUT2D eigenvalue weighted by molar-refractivity contribution is -0.138. The summed E-state index contributed by atoms with van der Waals surface area (Å²) >= 11 is 0. The van der Waals surface area contributed by atoms with Gasteiger partial charge in [-0.15, -0.1) is 0 Å². The molecular weight excluding hydrogens is 608 g/mol. The minimum atomic E-state index is -0.588. The van der Waals surface area contributed by atoms with E-state index in [9.17, 15) is 14.4 Å². The average molecular weight is 647 g/mol. The Kier molecular flexibility index (Phi) is 10.7. The molecule has 0 fully saturated rings. The number of rotatable bonds is 12. The molecule has 5 rings (SSSR count). The van der Waals surface area contributed by atoms with Crippen LogP contribution in [0.2, 0.25) is 0 Å². The van der Waals surface area contributed by atoms with E-state index < -0.39 is 17.9 Å². The van der Waals surface area contributed by atoms with E-state index in [0.29, 0.717) is 34.6 Å². The second-order valence-electron chi connectivity index (χ2n) is 11.1. The maximum Gasteiger partial charge on any atom is 0.339 e. The molecule has 9 heteroatoms. The van der Waals surface area contributed by atoms with E-state index in [2.05, 4.69) is 29.0 Å². The molecule has 246 valence electrons. The molecule has 3 aromatic carbocycles. The van der Waals surface area contributed by atoms with E-state index in [-0.39, 0.29) is 19.8 Å². The van der Waals surface area contributed by atoms with Gasteiger partial charge in [0, 0.05) is 53.5 Å². The predicted molar refractivity (Wildman–Crippen MR) is 185 cm³/mol. The fourth-order valence-corrected chi connectivity index (χ4v) is 5.46. The maximum atomic E-state index is 13.7. The molecule has 3 aromatic rings. The van der Waals surface area contributed by atoms with Crippen LogP contribution in [0.25, 0.3) is 33.4 Å². The van der Waals surface area contributed by atoms with E-state index in [1.165, 1.54) is 0 Å². The largest absolute Gasteiger partial charge is 0.459 e. The Bertz CT molecular complexity index is 2030. The number of esters is 3. The molecule has 0 aromatic heterocycles. The minimum absolute atomic E-state index is 0.00222. The van der Waals surface area contributed by atoms with Gasteiger partial charge in [-0.1, -0.05) is 36.9 Å². The van der Waals surface area contributed by atoms with Crippen LogP contribution >= 0.6 is 0 Å². The molecule has 1 aliphatic heterocycles. The molecule has 0 spiro atoms. The lowest BCUT2D eigenvalue weighted by atomic mass is 9.89. The summed E-state index contributed by atoms with van der Waals surface area (Å²) in [5, 5.41) is 5.14. The summed E-state index contributed by atoms with van der Waals surface area (Å²) in [5.41, 5.74) is 7.61. The number of fused-ring (bicyclic) bond motifs is 2. The quantitative estimate of drug-likeness (QED) is 0.0490. The van der Waals surface area contributed by atoms with Crippen molar-refractivity contribution in [2.45, 2.75) is 34.3 Å². The van der Waals surface area contributed by atoms with Crippen LogP contribution in [-0.2, 0) is 25.6 Å². The number of ether oxygens (including phenoxy) is 3. The van der Waals surface area contributed by atoms with Gasteiger partial charge in [-0.2, -0.15) is 0 Å². The molecule has 1 N–H and O–H groups in total. The molecule has 0 bridgehead atoms. The molecule has 0 unspecified atom stereocenters. The van der Waals surface area contributed by atoms with Crippen molar-refractivity contribution < 1.29 is 33.0 Å². The topological polar surface area (TPSA) is 116 Å². The number of aryl methyl sites for hydroxylation is 2. The highest BCUT2D eigenvalue weighted by atomic mass is 16.6. The molecule has 9 nitrogen and oxygen atoms in total. The first-order valence-electron chi connectivity index (χ1n) is 15.8. The van der Waals surface area contributed by atoms with Crippen molar-refractivity contribution in [3.05, 3.63) is 119 Å². The van der Waals surface area contributed by atoms with Crippen molar-refractivity contribution in [3.63, 3.8) is 0 Å². The van der Waals surface area contributed by atoms with Crippen LogP contribution in [0.3, 0.4) is 0 Å². The number of hydrogen-bond donors (Lipinski definition) is 1. The zero-order valence-electron chi connectivity index (χ0n) is 27.6. The monoisotopic (exact) mass is 646 g/mol. The van der Waals surface area contributed by atoms with Crippen molar-refractivity contribution >= 4 is 34.6 Å². The summed E-state index contributed by atoms with van der Waals surface area (Å²) < 4.78 is 22.2. The standard InChI is InChI=1S/C39H38N2O7/c1-6-36(42)45-17-18-46-38(43)27-15-13-26(14-16-27)23-47-39(44)29-12-10-9-11-28(29)37-30-19-24(4)32(40-7-2)21-34(30)48-35-22-33(41-8-3)25(5)20-31(35)37/h6,9-16,19-22,40H,1,7-8,17-18,23H2,2-5H3. The lowest BCUT2D eigenvalue weighted by Gasteiger charge is -2.20. The molecule has 0 amide bonds. The Hall–Kier alpha value is -5.70. The first-order valence-corrected chi connectivity index (χ1v) is 15.8. The van der Waals surface area contributed by atoms with Crippen LogP contribution in [0, 0.1) is 13.8 Å². The molecular formula is C39H38N2O7. The number of hydrogen-bond acceptors (Lipinski definition) is 9. The van der Waals surface area contributed by atoms with Crippen LogP contribution < -0.4 is 10.7 Å². The van der Waals surface area contributed by atoms with Crippen molar-refractivity contribution in [2.24, 2.45) is 4.99 Å². The predicted octanol–water partition coefficient (Wildman–Crippen LogP) is 7.42. The number of carbonyl (C=O) groups excluding carboxylic acids is 3. The van der Waals surface area contributed by atoms with Gasteiger partial charge < -0.3 is 23.9 Å². The third-order valence-electron chi connectivity index (χ3n) is 7.78. The van der Waals surface area contributed by atoms with Gasteiger partial charge in [-0.3, -0.25) is 4.99 Å². The van der Waals surface area contributed by atoms with Crippen molar-refractivity contribution in [2.75, 3.05) is 31.6 Å². The number of carbonyl (C=O) groups is 3. The fraction of sp³-hybridized carbons (Fsp3) is 0.231. The Morgan fingerprint density at radius 3 is 2.33 bits per heavy atom. The Labute approximate surface area is 279 Å². The third kappa shape index (κ3) is 7.47. The first kappa shape index (κ1) is 33.7. The normalized spacial score (nSPS) is 11.4. The SMILES string of the molecule is C=CC(=O)OCCOC(=O)c1ccc(COC(=O)c2ccccc2-c2c3cc(C)c(=NCC)cc-3oc3cc(NCC)c(C)cc23)cc1. The van der Waals surface area contributed by atoms with E-state index in [1.807, 2.05) is 58.0 Å². The highest BCUT2D eigenvalue weighted by molar-refractivity contribution is 6.08. The van der Waals surface area contributed by atoms with Crippen LogP contribution in [0.15, 0.2) is 94.9 Å². The van der Waals surface area contributed by atoms with E-state index in [0.717, 1.165) is 56.9 Å². The number of nitrogens with zero attached hydrogens (tertiary/aromatic N) is 1. The molecule has 0 radical (unpaired) electrons. The zero-order chi connectivity index (χ0) is 34.2. The van der Waals surface area contributed by atoms with E-state index >= 15 is 0 Å². The van der Waals surface area contributed by atoms with Crippen LogP contribution in [-0.4, -0.2) is 44.2 Å². The number of benzene rings is 4. The molecule has 0 atom stereocenters. The average Bonchev–Trinajstić information content (AvgIpc) is 3.09. The number of anilines is 1. The van der Waals surface area contributed by atoms with Crippen molar-refractivity contribution in [1.29, 1.82) is 0 Å². The number of nitrogens with one attached hydrogen (secondary N) is 1. The van der Waals surface area contributed by atoms with Crippen molar-refractivity contribution in [1.82, 2.24) is 0 Å². The second-order valence-corrected chi connectivity index (χ2v) is 11.1. The molecule has 48 heavy (non-hydrogen) atoms. The summed E-state index contributed by atoms with van der Waals surface area (Å²) in [4.78, 5) is 41.8. The minimum Gasteiger partial charge on any atom is -0.459 e. The first-order chi connectivity index (χ1) is 23.2. The zero-order valence-corrected chi connectivity index (χ0v) is 27.6. The Morgan fingerprint density at radius 1 is 0.854 bits per heavy atom. The van der Waals surface area contributed by atoms with Crippen LogP contribution in [0.4, 0.5) is 5.69 Å². The lowest BCUT2D eigenvalue weighted by Crippen LogP contribution is -2.13. The van der Waals surface area contributed by atoms with Gasteiger partial charge in [0.25, 0.3) is 0 Å². The van der Waals surface area contributed by atoms with Crippen LogP contribution in [0.5, 0.6) is 0 Å². The van der Waals surface area contributed by atoms with Gasteiger partial charge in [0.1, 0.15) is 31.2 Å². The molecule has 0 saturated heterocycles. The summed E-state index contributed by atoms with van der Waals surface area (Å²) in [6, 6.07) is 22.1. The summed E-state index contributed by atoms with van der Waals surface area (Å²) in [7, 11) is 0. The fourth-order valence-electron chi connectivity index (χ4n) is 5.46. The highest BCUT2D eigenvalue weighted by Gasteiger charge is 2.23. The molecule has 2 aliphatic rings. The van der Waals surface area contributed by atoms with E-state index in [1.54, 1.807) is 30.3 Å². The van der Waals surface area contributed by atoms with Gasteiger partial charge in [0.2, 0.25) is 0 Å². The summed E-state index contributed by atoms with van der Waals surface area (Å²) in [5.74, 6) is -0.967. The Balaban J connectivity index is 1.44. The maximum absolute atomic E-state index is 13.7. The molecule has 0 saturated carbocycles. The summed E-state index contributed by atoms with van der Waals surface area (Å²) in [6.07, 6.45) is 1.04. The molecule has 1 heterocycles. The van der Waals surface area contributed by atoms with Gasteiger partial charge in [-0.05, 0) is 80.3 Å². The van der Waals surface area contributed by atoms with Gasteiger partial charge in [-0.25, -0.2) is 14.4 Å². The van der Waals surface area contributed by atoms with E-state index in [4.69, 9.17) is 18.6 Å². The smallest absolute Gasteiger partial charge is 0.339 e. The highest BCUT2D eigenvalue weighted by Crippen LogP contribution is 2.43. The molecule has 1 aliphatic carbocycles. The van der Waals surface area contributed by atoms with Gasteiger partial charge in [0.15, 0.2) is 0 Å². The van der Waals surface area contributed by atoms with Crippen LogP contribution in [0.1, 0.15) is 51.3 Å². The van der Waals surface area contributed by atoms with Gasteiger partial charge >= 0.3 is 17.9 Å². The van der Waals surface area contributed by atoms with Gasteiger partial charge in [0.05, 0.1) is 16.5 Å². The summed E-state index contributed by atoms with van der Waals surface area (Å²) in [6.45, 7) is 12.7. The third-order valence-corrected chi connectivity index (χ3v) is 7.78. The van der Waals surface area contributed by atoms with Crippen molar-refractivity contribution in [3.8, 4) is 22.5 Å². The Morgan fingerprint density at radius 2 is 1.60 bits per heavy atom. The second kappa shape index (κ2) is 15.3.